The summed E-state index contributed by atoms with van der Waals surface area (Å²) in [6.07, 6.45) is 1.84. The third kappa shape index (κ3) is 1.98. The molecule has 0 saturated carbocycles. The van der Waals surface area contributed by atoms with Crippen LogP contribution in [0.4, 0.5) is 5.82 Å². The van der Waals surface area contributed by atoms with Gasteiger partial charge in [-0.3, -0.25) is 4.79 Å². The van der Waals surface area contributed by atoms with Gasteiger partial charge in [0.15, 0.2) is 11.5 Å². The molecule has 3 heterocycles. The predicted molar refractivity (Wildman–Crippen MR) is 67.6 cm³/mol. The quantitative estimate of drug-likeness (QED) is 0.730. The number of amides is 1. The van der Waals surface area contributed by atoms with Gasteiger partial charge in [-0.25, -0.2) is 0 Å². The first-order chi connectivity index (χ1) is 9.16. The summed E-state index contributed by atoms with van der Waals surface area (Å²) >= 11 is 0. The van der Waals surface area contributed by atoms with E-state index < -0.39 is 0 Å². The van der Waals surface area contributed by atoms with Crippen LogP contribution < -0.4 is 4.90 Å². The molecule has 2 aromatic rings. The van der Waals surface area contributed by atoms with E-state index in [4.69, 9.17) is 0 Å². The topological polar surface area (TPSA) is 79.5 Å². The fraction of sp³-hybridized carbons (Fsp3) is 0.545. The van der Waals surface area contributed by atoms with Gasteiger partial charge in [-0.15, -0.1) is 14.8 Å². The van der Waals surface area contributed by atoms with E-state index in [-0.39, 0.29) is 11.9 Å². The Morgan fingerprint density at radius 3 is 3.05 bits per heavy atom. The molecule has 8 heteroatoms. The van der Waals surface area contributed by atoms with Crippen LogP contribution in [0.3, 0.4) is 0 Å². The van der Waals surface area contributed by atoms with Gasteiger partial charge in [-0.05, 0) is 35.4 Å². The lowest BCUT2D eigenvalue weighted by Crippen LogP contribution is -2.43. The standard InChI is InChI=1S/C11H15N7O/c1-16(2)11(19)8-4-3-7-17(8)10-6-5-9-12-14-15-18(9)13-10/h5-6,8H,3-4,7H2,1-2H3/t8-/m1/s1. The highest BCUT2D eigenvalue weighted by Crippen LogP contribution is 2.24. The van der Waals surface area contributed by atoms with Crippen LogP contribution in [-0.4, -0.2) is 62.7 Å². The Hall–Kier alpha value is -2.25. The van der Waals surface area contributed by atoms with E-state index in [2.05, 4.69) is 20.6 Å². The molecule has 19 heavy (non-hydrogen) atoms. The molecule has 1 amide bonds. The van der Waals surface area contributed by atoms with Gasteiger partial charge in [0, 0.05) is 20.6 Å². The van der Waals surface area contributed by atoms with Crippen molar-refractivity contribution in [2.45, 2.75) is 18.9 Å². The molecule has 2 aromatic heterocycles. The summed E-state index contributed by atoms with van der Waals surface area (Å²) in [6, 6.07) is 3.52. The Labute approximate surface area is 110 Å². The molecule has 1 saturated heterocycles. The van der Waals surface area contributed by atoms with E-state index in [9.17, 15) is 4.79 Å². The second-order valence-corrected chi connectivity index (χ2v) is 4.80. The number of carbonyl (C=O) groups excluding carboxylic acids is 1. The van der Waals surface area contributed by atoms with E-state index in [1.807, 2.05) is 11.0 Å². The lowest BCUT2D eigenvalue weighted by atomic mass is 10.2. The first kappa shape index (κ1) is 11.8. The number of tetrazole rings is 1. The zero-order valence-electron chi connectivity index (χ0n) is 10.9. The van der Waals surface area contributed by atoms with E-state index in [1.165, 1.54) is 4.63 Å². The van der Waals surface area contributed by atoms with E-state index in [1.54, 1.807) is 25.1 Å². The van der Waals surface area contributed by atoms with Gasteiger partial charge in [0.05, 0.1) is 0 Å². The zero-order valence-corrected chi connectivity index (χ0v) is 10.9. The minimum atomic E-state index is -0.142. The fourth-order valence-electron chi connectivity index (χ4n) is 2.39. The van der Waals surface area contributed by atoms with E-state index >= 15 is 0 Å². The third-order valence-corrected chi connectivity index (χ3v) is 3.33. The minimum absolute atomic E-state index is 0.108. The highest BCUT2D eigenvalue weighted by molar-refractivity contribution is 5.85. The molecule has 100 valence electrons. The molecular formula is C11H15N7O. The lowest BCUT2D eigenvalue weighted by molar-refractivity contribution is -0.129. The Bertz CT molecular complexity index is 608. The maximum absolute atomic E-state index is 12.2. The van der Waals surface area contributed by atoms with Crippen molar-refractivity contribution in [3.05, 3.63) is 12.1 Å². The van der Waals surface area contributed by atoms with Crippen molar-refractivity contribution in [1.29, 1.82) is 0 Å². The molecule has 1 fully saturated rings. The Morgan fingerprint density at radius 2 is 2.26 bits per heavy atom. The van der Waals surface area contributed by atoms with Crippen molar-refractivity contribution in [1.82, 2.24) is 30.2 Å². The molecule has 1 aliphatic heterocycles. The predicted octanol–water partition coefficient (Wildman–Crippen LogP) is -0.424. The number of hydrogen-bond acceptors (Lipinski definition) is 6. The number of fused-ring (bicyclic) bond motifs is 1. The summed E-state index contributed by atoms with van der Waals surface area (Å²) in [7, 11) is 3.55. The second kappa shape index (κ2) is 4.45. The van der Waals surface area contributed by atoms with Gasteiger partial charge < -0.3 is 9.80 Å². The Balaban J connectivity index is 1.93. The van der Waals surface area contributed by atoms with Crippen LogP contribution in [0, 0.1) is 0 Å². The van der Waals surface area contributed by atoms with Gasteiger partial charge in [0.25, 0.3) is 0 Å². The largest absolute Gasteiger partial charge is 0.347 e. The molecule has 1 aliphatic rings. The molecule has 0 spiro atoms. The summed E-state index contributed by atoms with van der Waals surface area (Å²) in [5, 5.41) is 15.5. The number of rotatable bonds is 2. The lowest BCUT2D eigenvalue weighted by Gasteiger charge is -2.26. The maximum atomic E-state index is 12.2. The number of likely N-dealkylation sites (N-methyl/N-ethyl adjacent to an activating group) is 1. The van der Waals surface area contributed by atoms with Crippen molar-refractivity contribution >= 4 is 17.4 Å². The summed E-state index contributed by atoms with van der Waals surface area (Å²) in [4.78, 5) is 15.8. The van der Waals surface area contributed by atoms with Crippen LogP contribution in [0.1, 0.15) is 12.8 Å². The van der Waals surface area contributed by atoms with E-state index in [0.29, 0.717) is 5.65 Å². The monoisotopic (exact) mass is 261 g/mol. The average molecular weight is 261 g/mol. The summed E-state index contributed by atoms with van der Waals surface area (Å²) in [5.74, 6) is 0.841. The van der Waals surface area contributed by atoms with Crippen LogP contribution in [0.25, 0.3) is 5.65 Å². The number of carbonyl (C=O) groups is 1. The summed E-state index contributed by atoms with van der Waals surface area (Å²) < 4.78 is 1.38. The van der Waals surface area contributed by atoms with Crippen LogP contribution >= 0.6 is 0 Å². The molecule has 1 atom stereocenters. The van der Waals surface area contributed by atoms with Crippen molar-refractivity contribution < 1.29 is 4.79 Å². The highest BCUT2D eigenvalue weighted by atomic mass is 16.2. The molecule has 3 rings (SSSR count). The van der Waals surface area contributed by atoms with Crippen LogP contribution in [0.2, 0.25) is 0 Å². The number of anilines is 1. The smallest absolute Gasteiger partial charge is 0.244 e. The van der Waals surface area contributed by atoms with Crippen LogP contribution in [0.15, 0.2) is 12.1 Å². The zero-order chi connectivity index (χ0) is 13.4. The SMILES string of the molecule is CN(C)C(=O)[C@H]1CCCN1c1ccc2nnnn2n1. The van der Waals surface area contributed by atoms with Crippen LogP contribution in [0.5, 0.6) is 0 Å². The van der Waals surface area contributed by atoms with Gasteiger partial charge >= 0.3 is 0 Å². The fourth-order valence-corrected chi connectivity index (χ4v) is 2.39. The summed E-state index contributed by atoms with van der Waals surface area (Å²) in [6.45, 7) is 0.824. The molecule has 0 aromatic carbocycles. The first-order valence-corrected chi connectivity index (χ1v) is 6.20. The van der Waals surface area contributed by atoms with Gasteiger partial charge in [-0.2, -0.15) is 0 Å². The molecule has 8 nitrogen and oxygen atoms in total. The third-order valence-electron chi connectivity index (χ3n) is 3.33. The number of nitrogens with zero attached hydrogens (tertiary/aromatic N) is 7. The van der Waals surface area contributed by atoms with Crippen molar-refractivity contribution in [3.63, 3.8) is 0 Å². The normalized spacial score (nSPS) is 19.1. The highest BCUT2D eigenvalue weighted by Gasteiger charge is 2.32. The molecule has 0 unspecified atom stereocenters. The van der Waals surface area contributed by atoms with Gasteiger partial charge in [0.2, 0.25) is 5.91 Å². The van der Waals surface area contributed by atoms with Gasteiger partial charge in [-0.1, -0.05) is 0 Å². The molecule has 0 aliphatic carbocycles. The summed E-state index contributed by atoms with van der Waals surface area (Å²) in [5.41, 5.74) is 0.596. The van der Waals surface area contributed by atoms with Crippen molar-refractivity contribution in [3.8, 4) is 0 Å². The second-order valence-electron chi connectivity index (χ2n) is 4.80. The van der Waals surface area contributed by atoms with Gasteiger partial charge in [0.1, 0.15) is 6.04 Å². The van der Waals surface area contributed by atoms with Crippen molar-refractivity contribution in [2.75, 3.05) is 25.5 Å². The molecule has 0 bridgehead atoms. The van der Waals surface area contributed by atoms with Crippen LogP contribution in [-0.2, 0) is 4.79 Å². The Morgan fingerprint density at radius 1 is 1.42 bits per heavy atom. The average Bonchev–Trinajstić information content (AvgIpc) is 3.05. The number of hydrogen-bond donors (Lipinski definition) is 0. The minimum Gasteiger partial charge on any atom is -0.347 e. The molecular weight excluding hydrogens is 246 g/mol. The van der Waals surface area contributed by atoms with E-state index in [0.717, 1.165) is 25.2 Å². The molecule has 0 N–H and O–H groups in total. The number of aromatic nitrogens is 5. The maximum Gasteiger partial charge on any atom is 0.244 e. The Kier molecular flexibility index (Phi) is 2.77. The van der Waals surface area contributed by atoms with Crippen molar-refractivity contribution in [2.24, 2.45) is 0 Å². The molecule has 0 radical (unpaired) electrons. The first-order valence-electron chi connectivity index (χ1n) is 6.20.